The molecule has 0 bridgehead atoms. The Kier molecular flexibility index (Phi) is 3.33. The summed E-state index contributed by atoms with van der Waals surface area (Å²) < 4.78 is 0. The van der Waals surface area contributed by atoms with Gasteiger partial charge in [0.15, 0.2) is 0 Å². The van der Waals surface area contributed by atoms with E-state index in [2.05, 4.69) is 24.4 Å². The maximum atomic E-state index is 11.8. The second-order valence-corrected chi connectivity index (χ2v) is 4.60. The second-order valence-electron chi connectivity index (χ2n) is 4.60. The maximum absolute atomic E-state index is 11.8. The molecule has 3 N–H and O–H groups in total. The van der Waals surface area contributed by atoms with Crippen LogP contribution in [0.2, 0.25) is 0 Å². The molecule has 1 aromatic rings. The summed E-state index contributed by atoms with van der Waals surface area (Å²) in [5.74, 6) is 0. The summed E-state index contributed by atoms with van der Waals surface area (Å²) in [6.45, 7) is 5.23. The highest BCUT2D eigenvalue weighted by molar-refractivity contribution is 5.77. The molecule has 1 heterocycles. The number of nitrogens with one attached hydrogen (secondary N) is 1. The standard InChI is InChI=1S/C13H19N3O/c1-9-5-3-4-6-11(9)12-8-16(10(2)7-14)13(17)15-12/h3-6,10,12H,7-8,14H2,1-2H3,(H,15,17). The molecule has 1 aliphatic rings. The van der Waals surface area contributed by atoms with E-state index in [1.165, 1.54) is 11.1 Å². The van der Waals surface area contributed by atoms with Gasteiger partial charge in [-0.15, -0.1) is 0 Å². The molecule has 17 heavy (non-hydrogen) atoms. The van der Waals surface area contributed by atoms with Crippen LogP contribution in [0.5, 0.6) is 0 Å². The van der Waals surface area contributed by atoms with E-state index < -0.39 is 0 Å². The fourth-order valence-corrected chi connectivity index (χ4v) is 2.22. The van der Waals surface area contributed by atoms with Gasteiger partial charge < -0.3 is 16.0 Å². The smallest absolute Gasteiger partial charge is 0.318 e. The SMILES string of the molecule is Cc1ccccc1C1CN(C(C)CN)C(=O)N1. The third kappa shape index (κ3) is 2.26. The largest absolute Gasteiger partial charge is 0.329 e. The Morgan fingerprint density at radius 2 is 2.24 bits per heavy atom. The molecule has 1 aromatic carbocycles. The third-order valence-electron chi connectivity index (χ3n) is 3.37. The van der Waals surface area contributed by atoms with E-state index in [9.17, 15) is 4.79 Å². The Morgan fingerprint density at radius 3 is 2.88 bits per heavy atom. The van der Waals surface area contributed by atoms with Crippen molar-refractivity contribution in [2.75, 3.05) is 13.1 Å². The first kappa shape index (κ1) is 11.9. The van der Waals surface area contributed by atoms with Crippen molar-refractivity contribution in [3.05, 3.63) is 35.4 Å². The van der Waals surface area contributed by atoms with Crippen LogP contribution in [0.25, 0.3) is 0 Å². The molecule has 1 aliphatic heterocycles. The minimum absolute atomic E-state index is 0.0174. The Morgan fingerprint density at radius 1 is 1.53 bits per heavy atom. The molecule has 0 radical (unpaired) electrons. The lowest BCUT2D eigenvalue weighted by Crippen LogP contribution is -2.40. The molecule has 2 atom stereocenters. The zero-order valence-electron chi connectivity index (χ0n) is 10.3. The molecule has 1 fully saturated rings. The summed E-state index contributed by atoms with van der Waals surface area (Å²) in [4.78, 5) is 13.6. The van der Waals surface area contributed by atoms with Gasteiger partial charge in [-0.3, -0.25) is 0 Å². The van der Waals surface area contributed by atoms with Gasteiger partial charge in [-0.05, 0) is 25.0 Å². The van der Waals surface area contributed by atoms with Crippen LogP contribution in [-0.4, -0.2) is 30.1 Å². The highest BCUT2D eigenvalue weighted by Crippen LogP contribution is 2.24. The normalized spacial score (nSPS) is 21.5. The lowest BCUT2D eigenvalue weighted by Gasteiger charge is -2.21. The van der Waals surface area contributed by atoms with Gasteiger partial charge in [0.25, 0.3) is 0 Å². The molecule has 1 saturated heterocycles. The van der Waals surface area contributed by atoms with Crippen LogP contribution in [-0.2, 0) is 0 Å². The van der Waals surface area contributed by atoms with E-state index in [4.69, 9.17) is 5.73 Å². The van der Waals surface area contributed by atoms with Crippen molar-refractivity contribution in [2.24, 2.45) is 5.73 Å². The summed E-state index contributed by atoms with van der Waals surface area (Å²) >= 11 is 0. The molecule has 4 heteroatoms. The van der Waals surface area contributed by atoms with Crippen molar-refractivity contribution in [2.45, 2.75) is 25.9 Å². The monoisotopic (exact) mass is 233 g/mol. The number of carbonyl (C=O) groups excluding carboxylic acids is 1. The van der Waals surface area contributed by atoms with Crippen LogP contribution in [0, 0.1) is 6.92 Å². The molecular weight excluding hydrogens is 214 g/mol. The lowest BCUT2D eigenvalue weighted by molar-refractivity contribution is 0.203. The van der Waals surface area contributed by atoms with Crippen molar-refractivity contribution >= 4 is 6.03 Å². The van der Waals surface area contributed by atoms with Crippen molar-refractivity contribution < 1.29 is 4.79 Å². The number of nitrogens with two attached hydrogens (primary N) is 1. The predicted octanol–water partition coefficient (Wildman–Crippen LogP) is 1.41. The van der Waals surface area contributed by atoms with E-state index >= 15 is 0 Å². The van der Waals surface area contributed by atoms with Crippen molar-refractivity contribution in [1.29, 1.82) is 0 Å². The Bertz CT molecular complexity index is 419. The molecule has 2 amide bonds. The molecule has 2 unspecified atom stereocenters. The van der Waals surface area contributed by atoms with Crippen LogP contribution in [0.1, 0.15) is 24.1 Å². The molecule has 2 rings (SSSR count). The molecule has 92 valence electrons. The maximum Gasteiger partial charge on any atom is 0.318 e. The quantitative estimate of drug-likeness (QED) is 0.829. The highest BCUT2D eigenvalue weighted by atomic mass is 16.2. The Hall–Kier alpha value is -1.55. The lowest BCUT2D eigenvalue weighted by atomic mass is 10.0. The minimum atomic E-state index is -0.0174. The second kappa shape index (κ2) is 4.75. The van der Waals surface area contributed by atoms with Gasteiger partial charge in [-0.1, -0.05) is 24.3 Å². The minimum Gasteiger partial charge on any atom is -0.329 e. The molecule has 0 spiro atoms. The van der Waals surface area contributed by atoms with E-state index in [0.29, 0.717) is 13.1 Å². The molecule has 0 aliphatic carbocycles. The number of hydrogen-bond donors (Lipinski definition) is 2. The van der Waals surface area contributed by atoms with Gasteiger partial charge in [-0.25, -0.2) is 4.79 Å². The Balaban J connectivity index is 2.17. The summed E-state index contributed by atoms with van der Waals surface area (Å²) in [6, 6.07) is 8.30. The number of hydrogen-bond acceptors (Lipinski definition) is 2. The van der Waals surface area contributed by atoms with Crippen molar-refractivity contribution in [1.82, 2.24) is 10.2 Å². The average Bonchev–Trinajstić information content (AvgIpc) is 2.71. The third-order valence-corrected chi connectivity index (χ3v) is 3.37. The van der Waals surface area contributed by atoms with Gasteiger partial charge in [-0.2, -0.15) is 0 Å². The average molecular weight is 233 g/mol. The molecule has 4 nitrogen and oxygen atoms in total. The zero-order chi connectivity index (χ0) is 12.4. The molecule has 0 aromatic heterocycles. The first-order valence-electron chi connectivity index (χ1n) is 5.96. The number of urea groups is 1. The zero-order valence-corrected chi connectivity index (χ0v) is 10.3. The van der Waals surface area contributed by atoms with Gasteiger partial charge in [0.1, 0.15) is 0 Å². The number of carbonyl (C=O) groups is 1. The number of nitrogens with zero attached hydrogens (tertiary/aromatic N) is 1. The first-order chi connectivity index (χ1) is 8.13. The van der Waals surface area contributed by atoms with Crippen molar-refractivity contribution in [3.63, 3.8) is 0 Å². The highest BCUT2D eigenvalue weighted by Gasteiger charge is 2.32. The van der Waals surface area contributed by atoms with E-state index in [0.717, 1.165) is 0 Å². The van der Waals surface area contributed by atoms with Crippen LogP contribution in [0.15, 0.2) is 24.3 Å². The van der Waals surface area contributed by atoms with Gasteiger partial charge >= 0.3 is 6.03 Å². The van der Waals surface area contributed by atoms with Crippen LogP contribution in [0.3, 0.4) is 0 Å². The molecule has 0 saturated carbocycles. The fraction of sp³-hybridized carbons (Fsp3) is 0.462. The number of benzene rings is 1. The van der Waals surface area contributed by atoms with E-state index in [1.54, 1.807) is 4.90 Å². The van der Waals surface area contributed by atoms with Crippen LogP contribution < -0.4 is 11.1 Å². The van der Waals surface area contributed by atoms with Gasteiger partial charge in [0, 0.05) is 19.1 Å². The first-order valence-corrected chi connectivity index (χ1v) is 5.96. The van der Waals surface area contributed by atoms with Crippen LogP contribution in [0.4, 0.5) is 4.79 Å². The van der Waals surface area contributed by atoms with Gasteiger partial charge in [0.05, 0.1) is 6.04 Å². The summed E-state index contributed by atoms with van der Waals surface area (Å²) in [6.07, 6.45) is 0. The summed E-state index contributed by atoms with van der Waals surface area (Å²) in [5.41, 5.74) is 8.00. The summed E-state index contributed by atoms with van der Waals surface area (Å²) in [7, 11) is 0. The van der Waals surface area contributed by atoms with Crippen molar-refractivity contribution in [3.8, 4) is 0 Å². The van der Waals surface area contributed by atoms with E-state index in [1.807, 2.05) is 19.1 Å². The predicted molar refractivity (Wildman–Crippen MR) is 67.7 cm³/mol. The Labute approximate surface area is 102 Å². The number of amides is 2. The van der Waals surface area contributed by atoms with Gasteiger partial charge in [0.2, 0.25) is 0 Å². The fourth-order valence-electron chi connectivity index (χ4n) is 2.22. The van der Waals surface area contributed by atoms with Crippen LogP contribution >= 0.6 is 0 Å². The number of rotatable bonds is 3. The van der Waals surface area contributed by atoms with E-state index in [-0.39, 0.29) is 18.1 Å². The molecular formula is C13H19N3O. The number of aryl methyl sites for hydroxylation is 1. The topological polar surface area (TPSA) is 58.4 Å². The summed E-state index contributed by atoms with van der Waals surface area (Å²) in [5, 5.41) is 3.01.